The number of phenols is 2. The molecule has 0 aliphatic carbocycles. The maximum Gasteiger partial charge on any atom is 0.119 e. The largest absolute Gasteiger partial charge is 0.508 e. The lowest BCUT2D eigenvalue weighted by molar-refractivity contribution is 0.443. The maximum atomic E-state index is 10.3. The molecule has 0 amide bonds. The zero-order valence-corrected chi connectivity index (χ0v) is 18.8. The van der Waals surface area contributed by atoms with Gasteiger partial charge in [0.2, 0.25) is 0 Å². The molecule has 28 heavy (non-hydrogen) atoms. The highest BCUT2D eigenvalue weighted by Crippen LogP contribution is 2.40. The minimum atomic E-state index is -0.134. The van der Waals surface area contributed by atoms with E-state index in [9.17, 15) is 10.2 Å². The lowest BCUT2D eigenvalue weighted by Crippen LogP contribution is -2.20. The van der Waals surface area contributed by atoms with Crippen molar-refractivity contribution in [2.45, 2.75) is 78.1 Å². The molecule has 0 radical (unpaired) electrons. The first-order chi connectivity index (χ1) is 12.6. The molecular weight excluding hydrogens is 344 g/mol. The van der Waals surface area contributed by atoms with Crippen molar-refractivity contribution in [3.05, 3.63) is 65.2 Å². The Morgan fingerprint density at radius 2 is 1.21 bits per heavy atom. The molecular formula is C26H36O2. The summed E-state index contributed by atoms with van der Waals surface area (Å²) >= 11 is 0. The van der Waals surface area contributed by atoms with Gasteiger partial charge in [0.1, 0.15) is 11.5 Å². The van der Waals surface area contributed by atoms with Crippen LogP contribution in [0.5, 0.6) is 11.5 Å². The number of phenolic OH excluding ortho intramolecular Hbond substituents is 2. The number of hydrogen-bond donors (Lipinski definition) is 2. The van der Waals surface area contributed by atoms with Gasteiger partial charge in [0.05, 0.1) is 0 Å². The van der Waals surface area contributed by atoms with E-state index in [-0.39, 0.29) is 16.2 Å². The fraction of sp³-hybridized carbons (Fsp3) is 0.462. The zero-order chi connectivity index (χ0) is 21.5. The third kappa shape index (κ3) is 4.79. The summed E-state index contributed by atoms with van der Waals surface area (Å²) in [7, 11) is 0. The number of benzene rings is 2. The van der Waals surface area contributed by atoms with Crippen molar-refractivity contribution in [1.29, 1.82) is 0 Å². The molecule has 0 saturated heterocycles. The van der Waals surface area contributed by atoms with Crippen molar-refractivity contribution in [1.82, 2.24) is 0 Å². The molecule has 0 fully saturated rings. The molecule has 152 valence electrons. The van der Waals surface area contributed by atoms with E-state index < -0.39 is 0 Å². The van der Waals surface area contributed by atoms with E-state index >= 15 is 0 Å². The molecule has 2 nitrogen and oxygen atoms in total. The van der Waals surface area contributed by atoms with Gasteiger partial charge in [0.15, 0.2) is 0 Å². The Balaban J connectivity index is 2.36. The van der Waals surface area contributed by atoms with Gasteiger partial charge in [-0.3, -0.25) is 0 Å². The first-order valence-electron chi connectivity index (χ1n) is 9.98. The maximum absolute atomic E-state index is 10.3. The van der Waals surface area contributed by atoms with Crippen molar-refractivity contribution >= 4 is 5.57 Å². The number of rotatable bonds is 4. The zero-order valence-electron chi connectivity index (χ0n) is 18.8. The summed E-state index contributed by atoms with van der Waals surface area (Å²) in [6.45, 7) is 21.4. The number of hydrogen-bond acceptors (Lipinski definition) is 2. The van der Waals surface area contributed by atoms with Crippen LogP contribution >= 0.6 is 0 Å². The molecule has 0 unspecified atom stereocenters. The van der Waals surface area contributed by atoms with E-state index in [2.05, 4.69) is 74.1 Å². The van der Waals surface area contributed by atoms with E-state index in [0.29, 0.717) is 11.5 Å². The van der Waals surface area contributed by atoms with Crippen LogP contribution in [0.4, 0.5) is 0 Å². The lowest BCUT2D eigenvalue weighted by Gasteiger charge is -2.30. The van der Waals surface area contributed by atoms with Crippen LogP contribution in [0.15, 0.2) is 43.0 Å². The smallest absolute Gasteiger partial charge is 0.119 e. The topological polar surface area (TPSA) is 40.5 Å². The Kier molecular flexibility index (Phi) is 5.76. The first-order valence-corrected chi connectivity index (χ1v) is 9.98. The van der Waals surface area contributed by atoms with E-state index in [1.165, 1.54) is 5.56 Å². The van der Waals surface area contributed by atoms with Crippen molar-refractivity contribution in [2.24, 2.45) is 0 Å². The minimum Gasteiger partial charge on any atom is -0.508 e. The molecule has 0 aliphatic rings. The first kappa shape index (κ1) is 22.1. The summed E-state index contributed by atoms with van der Waals surface area (Å²) in [6, 6.07) is 11.7. The summed E-state index contributed by atoms with van der Waals surface area (Å²) < 4.78 is 0. The van der Waals surface area contributed by atoms with Gasteiger partial charge >= 0.3 is 0 Å². The highest BCUT2D eigenvalue weighted by Gasteiger charge is 2.27. The monoisotopic (exact) mass is 380 g/mol. The Labute approximate surface area is 170 Å². The quantitative estimate of drug-likeness (QED) is 0.595. The van der Waals surface area contributed by atoms with Crippen molar-refractivity contribution in [3.8, 4) is 11.5 Å². The SMILES string of the molecule is C=C(CC(C)(C)c1ccc(O)c(C(C)(C)C)c1)c1ccc(O)c(C(C)(C)C)c1. The number of aromatic hydroxyl groups is 2. The Morgan fingerprint density at radius 1 is 0.750 bits per heavy atom. The van der Waals surface area contributed by atoms with Crippen LogP contribution in [0.2, 0.25) is 0 Å². The van der Waals surface area contributed by atoms with Crippen molar-refractivity contribution in [3.63, 3.8) is 0 Å². The molecule has 2 heteroatoms. The third-order valence-corrected chi connectivity index (χ3v) is 5.45. The van der Waals surface area contributed by atoms with Gasteiger partial charge in [0, 0.05) is 0 Å². The van der Waals surface area contributed by atoms with Crippen LogP contribution in [0, 0.1) is 0 Å². The lowest BCUT2D eigenvalue weighted by atomic mass is 9.75. The van der Waals surface area contributed by atoms with Gasteiger partial charge < -0.3 is 10.2 Å². The summed E-state index contributed by atoms with van der Waals surface area (Å²) in [4.78, 5) is 0. The van der Waals surface area contributed by atoms with Gasteiger partial charge in [-0.25, -0.2) is 0 Å². The molecule has 0 saturated carbocycles. The van der Waals surface area contributed by atoms with Crippen LogP contribution in [-0.2, 0) is 16.2 Å². The highest BCUT2D eigenvalue weighted by atomic mass is 16.3. The van der Waals surface area contributed by atoms with Crippen LogP contribution in [0.1, 0.15) is 84.1 Å². The fourth-order valence-electron chi connectivity index (χ4n) is 3.65. The summed E-state index contributed by atoms with van der Waals surface area (Å²) in [6.07, 6.45) is 0.787. The molecule has 0 aliphatic heterocycles. The fourth-order valence-corrected chi connectivity index (χ4v) is 3.65. The van der Waals surface area contributed by atoms with E-state index in [1.807, 2.05) is 12.1 Å². The van der Waals surface area contributed by atoms with Gasteiger partial charge in [-0.1, -0.05) is 80.2 Å². The molecule has 0 bridgehead atoms. The molecule has 2 aromatic rings. The number of allylic oxidation sites excluding steroid dienone is 1. The second kappa shape index (κ2) is 7.31. The Hall–Kier alpha value is -2.22. The van der Waals surface area contributed by atoms with Gasteiger partial charge in [-0.15, -0.1) is 0 Å². The Bertz CT molecular complexity index is 874. The standard InChI is InChI=1S/C26H36O2/c1-17(18-10-12-22(27)20(14-18)24(2,3)4)16-26(8,9)19-11-13-23(28)21(15-19)25(5,6)7/h10-15,27-28H,1,16H2,2-9H3. The predicted octanol–water partition coefficient (Wildman–Crippen LogP) is 7.07. The Morgan fingerprint density at radius 3 is 1.71 bits per heavy atom. The molecule has 0 atom stereocenters. The van der Waals surface area contributed by atoms with Crippen molar-refractivity contribution in [2.75, 3.05) is 0 Å². The van der Waals surface area contributed by atoms with Crippen molar-refractivity contribution < 1.29 is 10.2 Å². The van der Waals surface area contributed by atoms with Crippen LogP contribution < -0.4 is 0 Å². The van der Waals surface area contributed by atoms with Gasteiger partial charge in [-0.05, 0) is 68.7 Å². The van der Waals surface area contributed by atoms with Crippen LogP contribution in [0.25, 0.3) is 5.57 Å². The molecule has 2 aromatic carbocycles. The second-order valence-electron chi connectivity index (χ2n) is 10.6. The molecule has 0 heterocycles. The summed E-state index contributed by atoms with van der Waals surface area (Å²) in [5.74, 6) is 0.677. The second-order valence-corrected chi connectivity index (χ2v) is 10.6. The third-order valence-electron chi connectivity index (χ3n) is 5.45. The van der Waals surface area contributed by atoms with Crippen LogP contribution in [-0.4, -0.2) is 10.2 Å². The van der Waals surface area contributed by atoms with E-state index in [1.54, 1.807) is 12.1 Å². The van der Waals surface area contributed by atoms with Gasteiger partial charge in [0.25, 0.3) is 0 Å². The summed E-state index contributed by atoms with van der Waals surface area (Å²) in [5, 5.41) is 20.5. The average molecular weight is 381 g/mol. The normalized spacial score (nSPS) is 12.9. The predicted molar refractivity (Wildman–Crippen MR) is 120 cm³/mol. The molecule has 0 aromatic heterocycles. The highest BCUT2D eigenvalue weighted by molar-refractivity contribution is 5.67. The van der Waals surface area contributed by atoms with Crippen LogP contribution in [0.3, 0.4) is 0 Å². The average Bonchev–Trinajstić information content (AvgIpc) is 2.52. The summed E-state index contributed by atoms with van der Waals surface area (Å²) in [5.41, 5.74) is 4.80. The minimum absolute atomic E-state index is 0.119. The molecule has 0 spiro atoms. The molecule has 2 rings (SSSR count). The van der Waals surface area contributed by atoms with Gasteiger partial charge in [-0.2, -0.15) is 0 Å². The van der Waals surface area contributed by atoms with E-state index in [0.717, 1.165) is 28.7 Å². The molecule has 2 N–H and O–H groups in total. The van der Waals surface area contributed by atoms with E-state index in [4.69, 9.17) is 0 Å².